The Morgan fingerprint density at radius 3 is 3.04 bits per heavy atom. The maximum atomic E-state index is 5.74. The predicted octanol–water partition coefficient (Wildman–Crippen LogP) is 3.02. The molecule has 0 saturated heterocycles. The van der Waals surface area contributed by atoms with E-state index in [9.17, 15) is 0 Å². The van der Waals surface area contributed by atoms with Crippen molar-refractivity contribution in [1.29, 1.82) is 0 Å². The van der Waals surface area contributed by atoms with Gasteiger partial charge in [0.2, 0.25) is 11.7 Å². The summed E-state index contributed by atoms with van der Waals surface area (Å²) < 4.78 is 13.0. The van der Waals surface area contributed by atoms with Gasteiger partial charge in [0.25, 0.3) is 5.89 Å². The summed E-state index contributed by atoms with van der Waals surface area (Å²) in [5, 5.41) is 4.06. The summed E-state index contributed by atoms with van der Waals surface area (Å²) in [6.07, 6.45) is 9.50. The highest BCUT2D eigenvalue weighted by Crippen LogP contribution is 2.24. The largest absolute Gasteiger partial charge is 0.475 e. The Hall–Kier alpha value is -3.29. The van der Waals surface area contributed by atoms with Crippen molar-refractivity contribution in [2.45, 2.75) is 26.4 Å². The van der Waals surface area contributed by atoms with Gasteiger partial charge in [0, 0.05) is 30.2 Å². The number of ether oxygens (including phenoxy) is 1. The monoisotopic (exact) mass is 336 g/mol. The van der Waals surface area contributed by atoms with E-state index in [4.69, 9.17) is 9.26 Å². The average Bonchev–Trinajstić information content (AvgIpc) is 3.28. The van der Waals surface area contributed by atoms with Crippen molar-refractivity contribution in [3.05, 3.63) is 43.1 Å². The molecule has 0 aliphatic heterocycles. The van der Waals surface area contributed by atoms with Crippen LogP contribution in [0, 0.1) is 0 Å². The smallest absolute Gasteiger partial charge is 0.258 e. The van der Waals surface area contributed by atoms with E-state index in [0.717, 1.165) is 23.3 Å². The standard InChI is InChI=1S/C17H16N6O2/c1-3-11(2)24-15-8-12(4-5-19-15)17-21-16(22-25-17)13-9-20-14-10-18-6-7-23(13)14/h4-11H,3H2,1-2H3. The van der Waals surface area contributed by atoms with E-state index in [-0.39, 0.29) is 6.10 Å². The fourth-order valence-electron chi connectivity index (χ4n) is 2.35. The Kier molecular flexibility index (Phi) is 3.85. The quantitative estimate of drug-likeness (QED) is 0.553. The maximum absolute atomic E-state index is 5.74. The van der Waals surface area contributed by atoms with Gasteiger partial charge in [-0.05, 0) is 19.4 Å². The van der Waals surface area contributed by atoms with E-state index in [1.807, 2.05) is 11.3 Å². The van der Waals surface area contributed by atoms with Crippen molar-refractivity contribution in [2.75, 3.05) is 0 Å². The van der Waals surface area contributed by atoms with Crippen LogP contribution in [-0.4, -0.2) is 35.6 Å². The summed E-state index contributed by atoms with van der Waals surface area (Å²) >= 11 is 0. The van der Waals surface area contributed by atoms with Gasteiger partial charge in [-0.25, -0.2) is 9.97 Å². The number of pyridine rings is 1. The van der Waals surface area contributed by atoms with Gasteiger partial charge in [-0.2, -0.15) is 4.98 Å². The summed E-state index contributed by atoms with van der Waals surface area (Å²) in [6, 6.07) is 3.60. The minimum absolute atomic E-state index is 0.0905. The lowest BCUT2D eigenvalue weighted by Gasteiger charge is -2.11. The van der Waals surface area contributed by atoms with Crippen LogP contribution >= 0.6 is 0 Å². The van der Waals surface area contributed by atoms with Gasteiger partial charge in [0.15, 0.2) is 5.65 Å². The van der Waals surface area contributed by atoms with Crippen LogP contribution in [0.1, 0.15) is 20.3 Å². The molecular weight excluding hydrogens is 320 g/mol. The van der Waals surface area contributed by atoms with Crippen molar-refractivity contribution in [3.8, 4) is 28.9 Å². The molecule has 4 aromatic rings. The van der Waals surface area contributed by atoms with Gasteiger partial charge >= 0.3 is 0 Å². The second-order valence-corrected chi connectivity index (χ2v) is 5.59. The summed E-state index contributed by atoms with van der Waals surface area (Å²) in [5.74, 6) is 1.39. The second kappa shape index (κ2) is 6.31. The molecule has 0 N–H and O–H groups in total. The number of aromatic nitrogens is 6. The van der Waals surface area contributed by atoms with Crippen molar-refractivity contribution < 1.29 is 9.26 Å². The molecule has 0 saturated carbocycles. The SMILES string of the molecule is CCC(C)Oc1cc(-c2nc(-c3cnc4cnccn34)no2)ccn1. The van der Waals surface area contributed by atoms with Crippen LogP contribution in [0.2, 0.25) is 0 Å². The third-order valence-electron chi connectivity index (χ3n) is 3.85. The molecule has 8 nitrogen and oxygen atoms in total. The summed E-state index contributed by atoms with van der Waals surface area (Å²) in [4.78, 5) is 17.0. The van der Waals surface area contributed by atoms with Crippen LogP contribution in [0.3, 0.4) is 0 Å². The van der Waals surface area contributed by atoms with E-state index in [2.05, 4.69) is 32.0 Å². The normalized spacial score (nSPS) is 12.4. The van der Waals surface area contributed by atoms with Gasteiger partial charge in [0.1, 0.15) is 5.69 Å². The molecule has 126 valence electrons. The molecule has 8 heteroatoms. The molecule has 4 rings (SSSR count). The number of nitrogens with zero attached hydrogens (tertiary/aromatic N) is 6. The molecule has 0 aliphatic rings. The van der Waals surface area contributed by atoms with E-state index in [1.54, 1.807) is 43.1 Å². The molecule has 0 amide bonds. The molecule has 0 spiro atoms. The number of rotatable bonds is 5. The molecule has 0 aliphatic carbocycles. The molecule has 0 bridgehead atoms. The zero-order chi connectivity index (χ0) is 17.2. The van der Waals surface area contributed by atoms with E-state index < -0.39 is 0 Å². The molecule has 0 aromatic carbocycles. The van der Waals surface area contributed by atoms with Crippen LogP contribution < -0.4 is 4.74 Å². The second-order valence-electron chi connectivity index (χ2n) is 5.59. The molecule has 25 heavy (non-hydrogen) atoms. The van der Waals surface area contributed by atoms with Crippen molar-refractivity contribution in [2.24, 2.45) is 0 Å². The van der Waals surface area contributed by atoms with Crippen LogP contribution in [0.25, 0.3) is 28.6 Å². The van der Waals surface area contributed by atoms with Crippen molar-refractivity contribution in [1.82, 2.24) is 29.5 Å². The third kappa shape index (κ3) is 2.93. The minimum Gasteiger partial charge on any atom is -0.475 e. The van der Waals surface area contributed by atoms with Gasteiger partial charge in [-0.3, -0.25) is 9.38 Å². The Morgan fingerprint density at radius 2 is 2.16 bits per heavy atom. The molecule has 0 fully saturated rings. The molecular formula is C17H16N6O2. The van der Waals surface area contributed by atoms with Crippen LogP contribution in [0.15, 0.2) is 47.6 Å². The first-order chi connectivity index (χ1) is 12.2. The molecule has 1 atom stereocenters. The zero-order valence-corrected chi connectivity index (χ0v) is 13.8. The summed E-state index contributed by atoms with van der Waals surface area (Å²) in [5.41, 5.74) is 2.21. The fraction of sp³-hybridized carbons (Fsp3) is 0.235. The first-order valence-electron chi connectivity index (χ1n) is 7.99. The van der Waals surface area contributed by atoms with Gasteiger partial charge in [-0.15, -0.1) is 0 Å². The topological polar surface area (TPSA) is 91.2 Å². The first-order valence-corrected chi connectivity index (χ1v) is 7.99. The molecule has 4 heterocycles. The highest BCUT2D eigenvalue weighted by atomic mass is 16.5. The van der Waals surface area contributed by atoms with Crippen molar-refractivity contribution >= 4 is 5.65 Å². The zero-order valence-electron chi connectivity index (χ0n) is 13.8. The Labute approximate surface area is 143 Å². The minimum atomic E-state index is 0.0905. The fourth-order valence-corrected chi connectivity index (χ4v) is 2.35. The average molecular weight is 336 g/mol. The first kappa shape index (κ1) is 15.3. The number of fused-ring (bicyclic) bond motifs is 1. The summed E-state index contributed by atoms with van der Waals surface area (Å²) in [6.45, 7) is 4.06. The Morgan fingerprint density at radius 1 is 1.24 bits per heavy atom. The molecule has 1 unspecified atom stereocenters. The van der Waals surface area contributed by atoms with Gasteiger partial charge in [0.05, 0.1) is 18.5 Å². The highest BCUT2D eigenvalue weighted by molar-refractivity contribution is 5.60. The number of imidazole rings is 1. The van der Waals surface area contributed by atoms with Crippen LogP contribution in [0.4, 0.5) is 0 Å². The highest BCUT2D eigenvalue weighted by Gasteiger charge is 2.15. The molecule has 0 radical (unpaired) electrons. The van der Waals surface area contributed by atoms with E-state index >= 15 is 0 Å². The predicted molar refractivity (Wildman–Crippen MR) is 89.9 cm³/mol. The lowest BCUT2D eigenvalue weighted by Crippen LogP contribution is -2.10. The lowest BCUT2D eigenvalue weighted by molar-refractivity contribution is 0.208. The Bertz CT molecular complexity index is 1010. The van der Waals surface area contributed by atoms with E-state index in [0.29, 0.717) is 17.6 Å². The lowest BCUT2D eigenvalue weighted by atomic mass is 10.2. The van der Waals surface area contributed by atoms with Gasteiger partial charge in [-0.1, -0.05) is 12.1 Å². The van der Waals surface area contributed by atoms with Crippen LogP contribution in [-0.2, 0) is 0 Å². The number of hydrogen-bond acceptors (Lipinski definition) is 7. The summed E-state index contributed by atoms with van der Waals surface area (Å²) in [7, 11) is 0. The number of hydrogen-bond donors (Lipinski definition) is 0. The van der Waals surface area contributed by atoms with Crippen LogP contribution in [0.5, 0.6) is 5.88 Å². The third-order valence-corrected chi connectivity index (χ3v) is 3.85. The van der Waals surface area contributed by atoms with E-state index in [1.165, 1.54) is 0 Å². The van der Waals surface area contributed by atoms with Crippen molar-refractivity contribution in [3.63, 3.8) is 0 Å². The molecule has 4 aromatic heterocycles. The Balaban J connectivity index is 1.66. The van der Waals surface area contributed by atoms with Gasteiger partial charge < -0.3 is 9.26 Å². The maximum Gasteiger partial charge on any atom is 0.258 e.